The molecule has 0 radical (unpaired) electrons. The summed E-state index contributed by atoms with van der Waals surface area (Å²) in [6, 6.07) is 19.2. The number of thioether (sulfide) groups is 1. The molecule has 1 heterocycles. The Morgan fingerprint density at radius 1 is 1.06 bits per heavy atom. The van der Waals surface area contributed by atoms with E-state index < -0.39 is 5.97 Å². The van der Waals surface area contributed by atoms with Crippen LogP contribution < -0.4 is 5.32 Å². The number of carbonyl (C=O) groups is 3. The van der Waals surface area contributed by atoms with Crippen molar-refractivity contribution in [3.63, 3.8) is 0 Å². The number of anilines is 1. The largest absolute Gasteiger partial charge is 0.462 e. The van der Waals surface area contributed by atoms with Gasteiger partial charge in [0.25, 0.3) is 5.91 Å². The Hall–Kier alpha value is -3.00. The molecule has 1 saturated heterocycles. The first-order valence-electron chi connectivity index (χ1n) is 10.9. The fourth-order valence-electron chi connectivity index (χ4n) is 3.66. The topological polar surface area (TPSA) is 75.7 Å². The fraction of sp³-hybridized carbons (Fsp3) is 0.192. The van der Waals surface area contributed by atoms with Crippen molar-refractivity contribution in [2.75, 3.05) is 17.7 Å². The van der Waals surface area contributed by atoms with Gasteiger partial charge in [-0.15, -0.1) is 11.8 Å². The predicted octanol–water partition coefficient (Wildman–Crippen LogP) is 6.20. The van der Waals surface area contributed by atoms with Gasteiger partial charge in [0.15, 0.2) is 0 Å². The Bertz CT molecular complexity index is 1250. The Kier molecular flexibility index (Phi) is 8.00. The molecule has 9 heteroatoms. The monoisotopic (exact) mass is 528 g/mol. The van der Waals surface area contributed by atoms with E-state index in [-0.39, 0.29) is 34.4 Å². The first kappa shape index (κ1) is 25.1. The van der Waals surface area contributed by atoms with Gasteiger partial charge in [-0.1, -0.05) is 47.5 Å². The van der Waals surface area contributed by atoms with E-state index in [0.717, 1.165) is 11.1 Å². The van der Waals surface area contributed by atoms with Crippen LogP contribution in [0.5, 0.6) is 0 Å². The van der Waals surface area contributed by atoms with E-state index in [2.05, 4.69) is 5.32 Å². The van der Waals surface area contributed by atoms with Gasteiger partial charge in [0.1, 0.15) is 5.37 Å². The second-order valence-corrected chi connectivity index (χ2v) is 9.71. The maximum absolute atomic E-state index is 12.7. The normalized spacial score (nSPS) is 15.2. The minimum atomic E-state index is -0.515. The van der Waals surface area contributed by atoms with E-state index in [1.165, 1.54) is 12.1 Å². The Balaban J connectivity index is 1.44. The molecule has 1 aliphatic rings. The molecule has 3 aromatic carbocycles. The molecule has 0 aromatic heterocycles. The molecule has 1 fully saturated rings. The summed E-state index contributed by atoms with van der Waals surface area (Å²) in [7, 11) is 0. The van der Waals surface area contributed by atoms with Crippen molar-refractivity contribution in [3.8, 4) is 0 Å². The molecule has 4 rings (SSSR count). The van der Waals surface area contributed by atoms with Crippen LogP contribution in [0.15, 0.2) is 66.7 Å². The molecule has 0 saturated carbocycles. The van der Waals surface area contributed by atoms with E-state index in [9.17, 15) is 14.4 Å². The summed E-state index contributed by atoms with van der Waals surface area (Å²) >= 11 is 13.7. The molecule has 1 aliphatic heterocycles. The number of rotatable bonds is 7. The van der Waals surface area contributed by atoms with Crippen molar-refractivity contribution in [1.82, 2.24) is 4.90 Å². The highest BCUT2D eigenvalue weighted by atomic mass is 35.5. The van der Waals surface area contributed by atoms with E-state index in [1.54, 1.807) is 36.9 Å². The van der Waals surface area contributed by atoms with Gasteiger partial charge in [0.2, 0.25) is 5.91 Å². The van der Waals surface area contributed by atoms with Crippen molar-refractivity contribution in [2.45, 2.75) is 18.8 Å². The zero-order valence-electron chi connectivity index (χ0n) is 18.8. The van der Waals surface area contributed by atoms with Crippen molar-refractivity contribution < 1.29 is 19.1 Å². The SMILES string of the molecule is CCOC(=O)c1ccc(NC(=O)c2ccc([C@H]3SCC(=O)N3Cc3ccc(Cl)cc3)cc2)cc1Cl. The maximum Gasteiger partial charge on any atom is 0.339 e. The molecular formula is C26H22Cl2N2O4S. The lowest BCUT2D eigenvalue weighted by atomic mass is 10.1. The fourth-order valence-corrected chi connectivity index (χ4v) is 5.23. The van der Waals surface area contributed by atoms with Crippen LogP contribution in [0.2, 0.25) is 10.0 Å². The Labute approximate surface area is 217 Å². The van der Waals surface area contributed by atoms with Crippen molar-refractivity contribution in [3.05, 3.63) is 99.0 Å². The van der Waals surface area contributed by atoms with Crippen LogP contribution in [0.4, 0.5) is 5.69 Å². The van der Waals surface area contributed by atoms with Crippen molar-refractivity contribution in [1.29, 1.82) is 0 Å². The number of esters is 1. The number of carbonyl (C=O) groups excluding carboxylic acids is 3. The smallest absolute Gasteiger partial charge is 0.339 e. The molecule has 0 spiro atoms. The number of ether oxygens (including phenoxy) is 1. The van der Waals surface area contributed by atoms with Crippen LogP contribution >= 0.6 is 35.0 Å². The lowest BCUT2D eigenvalue weighted by molar-refractivity contribution is -0.128. The van der Waals surface area contributed by atoms with Gasteiger partial charge in [-0.2, -0.15) is 0 Å². The van der Waals surface area contributed by atoms with Gasteiger partial charge in [-0.25, -0.2) is 4.79 Å². The van der Waals surface area contributed by atoms with E-state index in [4.69, 9.17) is 27.9 Å². The first-order chi connectivity index (χ1) is 16.9. The highest BCUT2D eigenvalue weighted by molar-refractivity contribution is 8.00. The van der Waals surface area contributed by atoms with Crippen LogP contribution in [0.3, 0.4) is 0 Å². The summed E-state index contributed by atoms with van der Waals surface area (Å²) < 4.78 is 4.96. The van der Waals surface area contributed by atoms with Gasteiger partial charge in [-0.05, 0) is 60.5 Å². The number of hydrogen-bond donors (Lipinski definition) is 1. The number of nitrogens with zero attached hydrogens (tertiary/aromatic N) is 1. The summed E-state index contributed by atoms with van der Waals surface area (Å²) in [5.74, 6) is -0.354. The van der Waals surface area contributed by atoms with Crippen LogP contribution in [0, 0.1) is 0 Å². The van der Waals surface area contributed by atoms with Gasteiger partial charge in [0.05, 0.1) is 22.9 Å². The van der Waals surface area contributed by atoms with Crippen LogP contribution in [-0.2, 0) is 16.1 Å². The number of nitrogens with one attached hydrogen (secondary N) is 1. The Morgan fingerprint density at radius 2 is 1.77 bits per heavy atom. The van der Waals surface area contributed by atoms with Crippen molar-refractivity contribution in [2.24, 2.45) is 0 Å². The number of hydrogen-bond acceptors (Lipinski definition) is 5. The standard InChI is InChI=1S/C26H22Cl2N2O4S/c1-2-34-26(33)21-12-11-20(13-22(21)28)29-24(32)17-5-7-18(8-6-17)25-30(23(31)15-35-25)14-16-3-9-19(27)10-4-16/h3-13,25H,2,14-15H2,1H3,(H,29,32)/t25-/m1/s1. The molecular weight excluding hydrogens is 507 g/mol. The summed E-state index contributed by atoms with van der Waals surface area (Å²) in [6.45, 7) is 2.45. The molecule has 6 nitrogen and oxygen atoms in total. The van der Waals surface area contributed by atoms with E-state index in [1.807, 2.05) is 41.3 Å². The minimum absolute atomic E-state index is 0.0694. The zero-order valence-corrected chi connectivity index (χ0v) is 21.1. The van der Waals surface area contributed by atoms with E-state index in [0.29, 0.717) is 28.6 Å². The number of amides is 2. The molecule has 180 valence electrons. The lowest BCUT2D eigenvalue weighted by Crippen LogP contribution is -2.27. The molecule has 1 atom stereocenters. The molecule has 0 unspecified atom stereocenters. The molecule has 0 bridgehead atoms. The Morgan fingerprint density at radius 3 is 2.43 bits per heavy atom. The second kappa shape index (κ2) is 11.2. The first-order valence-corrected chi connectivity index (χ1v) is 12.7. The summed E-state index contributed by atoms with van der Waals surface area (Å²) in [5, 5.41) is 3.49. The van der Waals surface area contributed by atoms with Gasteiger partial charge >= 0.3 is 5.97 Å². The highest BCUT2D eigenvalue weighted by Crippen LogP contribution is 2.39. The maximum atomic E-state index is 12.7. The summed E-state index contributed by atoms with van der Waals surface area (Å²) in [4.78, 5) is 39.0. The molecule has 1 N–H and O–H groups in total. The summed E-state index contributed by atoms with van der Waals surface area (Å²) in [5.41, 5.74) is 3.09. The van der Waals surface area contributed by atoms with Crippen LogP contribution in [-0.4, -0.2) is 35.0 Å². The third kappa shape index (κ3) is 5.99. The lowest BCUT2D eigenvalue weighted by Gasteiger charge is -2.24. The minimum Gasteiger partial charge on any atom is -0.462 e. The second-order valence-electron chi connectivity index (χ2n) is 7.80. The molecule has 35 heavy (non-hydrogen) atoms. The highest BCUT2D eigenvalue weighted by Gasteiger charge is 2.32. The average molecular weight is 529 g/mol. The van der Waals surface area contributed by atoms with Gasteiger partial charge in [0, 0.05) is 22.8 Å². The summed E-state index contributed by atoms with van der Waals surface area (Å²) in [6.07, 6.45) is 0. The number of halogens is 2. The van der Waals surface area contributed by atoms with Crippen LogP contribution in [0.1, 0.15) is 44.1 Å². The van der Waals surface area contributed by atoms with Gasteiger partial charge in [-0.3, -0.25) is 9.59 Å². The zero-order chi connectivity index (χ0) is 24.9. The number of benzene rings is 3. The quantitative estimate of drug-likeness (QED) is 0.369. The van der Waals surface area contributed by atoms with E-state index >= 15 is 0 Å². The van der Waals surface area contributed by atoms with Gasteiger partial charge < -0.3 is 15.0 Å². The third-order valence-corrected chi connectivity index (χ3v) is 7.24. The van der Waals surface area contributed by atoms with Crippen LogP contribution in [0.25, 0.3) is 0 Å². The molecule has 3 aromatic rings. The predicted molar refractivity (Wildman–Crippen MR) is 139 cm³/mol. The molecule has 2 amide bonds. The van der Waals surface area contributed by atoms with Crippen molar-refractivity contribution >= 4 is 58.4 Å². The molecule has 0 aliphatic carbocycles. The third-order valence-electron chi connectivity index (χ3n) is 5.41. The average Bonchev–Trinajstić information content (AvgIpc) is 3.20.